The minimum Gasteiger partial charge on any atom is -0.342 e. The number of hydrogen-bond acceptors (Lipinski definition) is 4. The molecule has 21 heavy (non-hydrogen) atoms. The highest BCUT2D eigenvalue weighted by Crippen LogP contribution is 2.24. The van der Waals surface area contributed by atoms with Crippen molar-refractivity contribution in [3.63, 3.8) is 0 Å². The highest BCUT2D eigenvalue weighted by Gasteiger charge is 2.16. The summed E-state index contributed by atoms with van der Waals surface area (Å²) in [5, 5.41) is 3.19. The van der Waals surface area contributed by atoms with E-state index in [2.05, 4.69) is 20.3 Å². The number of nitrogens with one attached hydrogen (secondary N) is 1. The van der Waals surface area contributed by atoms with Crippen LogP contribution >= 0.6 is 0 Å². The van der Waals surface area contributed by atoms with Crippen LogP contribution in [0.25, 0.3) is 0 Å². The molecule has 104 valence electrons. The van der Waals surface area contributed by atoms with E-state index in [9.17, 15) is 4.39 Å². The molecule has 0 aliphatic rings. The first-order valence-corrected chi connectivity index (χ1v) is 6.53. The molecule has 0 saturated heterocycles. The summed E-state index contributed by atoms with van der Waals surface area (Å²) in [5.41, 5.74) is 1.54. The van der Waals surface area contributed by atoms with Gasteiger partial charge in [-0.25, -0.2) is 14.4 Å². The summed E-state index contributed by atoms with van der Waals surface area (Å²) in [6.07, 6.45) is 5.00. The van der Waals surface area contributed by atoms with Gasteiger partial charge in [-0.05, 0) is 35.9 Å². The van der Waals surface area contributed by atoms with Crippen molar-refractivity contribution in [1.82, 2.24) is 15.0 Å². The number of anilines is 1. The SMILES string of the molecule is Fc1cccc(C(Nc2ncccn2)c2ccccn2)c1. The zero-order valence-electron chi connectivity index (χ0n) is 11.1. The Morgan fingerprint density at radius 3 is 2.38 bits per heavy atom. The Balaban J connectivity index is 1.99. The summed E-state index contributed by atoms with van der Waals surface area (Å²) < 4.78 is 13.5. The summed E-state index contributed by atoms with van der Waals surface area (Å²) in [4.78, 5) is 12.6. The maximum atomic E-state index is 13.5. The number of halogens is 1. The van der Waals surface area contributed by atoms with E-state index in [1.54, 1.807) is 30.7 Å². The summed E-state index contributed by atoms with van der Waals surface area (Å²) in [6, 6.07) is 13.5. The third kappa shape index (κ3) is 3.20. The van der Waals surface area contributed by atoms with Gasteiger partial charge in [-0.15, -0.1) is 0 Å². The first-order chi connectivity index (χ1) is 10.3. The van der Waals surface area contributed by atoms with E-state index in [1.807, 2.05) is 24.3 Å². The van der Waals surface area contributed by atoms with Crippen LogP contribution in [-0.2, 0) is 0 Å². The van der Waals surface area contributed by atoms with E-state index >= 15 is 0 Å². The molecule has 5 heteroatoms. The predicted molar refractivity (Wildman–Crippen MR) is 78.1 cm³/mol. The molecule has 0 radical (unpaired) electrons. The van der Waals surface area contributed by atoms with Crippen molar-refractivity contribution >= 4 is 5.95 Å². The molecule has 0 fully saturated rings. The van der Waals surface area contributed by atoms with Gasteiger partial charge in [0, 0.05) is 18.6 Å². The summed E-state index contributed by atoms with van der Waals surface area (Å²) in [6.45, 7) is 0. The van der Waals surface area contributed by atoms with Crippen molar-refractivity contribution in [3.8, 4) is 0 Å². The third-order valence-electron chi connectivity index (χ3n) is 3.00. The van der Waals surface area contributed by atoms with Crippen molar-refractivity contribution < 1.29 is 4.39 Å². The Kier molecular flexibility index (Phi) is 3.82. The lowest BCUT2D eigenvalue weighted by molar-refractivity contribution is 0.624. The minimum absolute atomic E-state index is 0.288. The smallest absolute Gasteiger partial charge is 0.223 e. The number of benzene rings is 1. The monoisotopic (exact) mass is 280 g/mol. The van der Waals surface area contributed by atoms with Crippen LogP contribution in [0.4, 0.5) is 10.3 Å². The van der Waals surface area contributed by atoms with Gasteiger partial charge in [0.05, 0.1) is 11.7 Å². The van der Waals surface area contributed by atoms with Crippen molar-refractivity contribution in [2.45, 2.75) is 6.04 Å². The van der Waals surface area contributed by atoms with Crippen LogP contribution in [-0.4, -0.2) is 15.0 Å². The molecule has 4 nitrogen and oxygen atoms in total. The lowest BCUT2D eigenvalue weighted by Crippen LogP contribution is -2.15. The largest absolute Gasteiger partial charge is 0.342 e. The molecular formula is C16H13FN4. The fourth-order valence-electron chi connectivity index (χ4n) is 2.06. The topological polar surface area (TPSA) is 50.7 Å². The molecule has 2 aromatic heterocycles. The summed E-state index contributed by atoms with van der Waals surface area (Å²) in [5.74, 6) is 0.182. The molecule has 0 aliphatic heterocycles. The second-order valence-corrected chi connectivity index (χ2v) is 4.46. The first-order valence-electron chi connectivity index (χ1n) is 6.53. The highest BCUT2D eigenvalue weighted by atomic mass is 19.1. The number of pyridine rings is 1. The van der Waals surface area contributed by atoms with Gasteiger partial charge in [0.25, 0.3) is 0 Å². The zero-order chi connectivity index (χ0) is 14.5. The Labute approximate surface area is 121 Å². The molecule has 0 bridgehead atoms. The average Bonchev–Trinajstić information content (AvgIpc) is 2.54. The molecule has 0 aliphatic carbocycles. The Morgan fingerprint density at radius 1 is 0.857 bits per heavy atom. The van der Waals surface area contributed by atoms with Crippen molar-refractivity contribution in [2.75, 3.05) is 5.32 Å². The van der Waals surface area contributed by atoms with Crippen LogP contribution < -0.4 is 5.32 Å². The molecule has 1 unspecified atom stereocenters. The molecule has 1 atom stereocenters. The third-order valence-corrected chi connectivity index (χ3v) is 3.00. The van der Waals surface area contributed by atoms with Crippen LogP contribution in [0.5, 0.6) is 0 Å². The van der Waals surface area contributed by atoms with Gasteiger partial charge in [-0.1, -0.05) is 18.2 Å². The molecule has 2 heterocycles. The second kappa shape index (κ2) is 6.09. The molecule has 0 saturated carbocycles. The van der Waals surface area contributed by atoms with Crippen LogP contribution in [0, 0.1) is 5.82 Å². The number of hydrogen-bond donors (Lipinski definition) is 1. The average molecular weight is 280 g/mol. The van der Waals surface area contributed by atoms with Crippen LogP contribution in [0.2, 0.25) is 0 Å². The van der Waals surface area contributed by atoms with Gasteiger partial charge in [-0.3, -0.25) is 4.98 Å². The van der Waals surface area contributed by atoms with Crippen molar-refractivity contribution in [2.24, 2.45) is 0 Å². The molecule has 1 N–H and O–H groups in total. The van der Waals surface area contributed by atoms with E-state index in [0.717, 1.165) is 11.3 Å². The van der Waals surface area contributed by atoms with Crippen LogP contribution in [0.15, 0.2) is 67.1 Å². The van der Waals surface area contributed by atoms with E-state index in [1.165, 1.54) is 12.1 Å². The van der Waals surface area contributed by atoms with Crippen LogP contribution in [0.1, 0.15) is 17.3 Å². The highest BCUT2D eigenvalue weighted by molar-refractivity contribution is 5.38. The zero-order valence-corrected chi connectivity index (χ0v) is 11.1. The van der Waals surface area contributed by atoms with Crippen molar-refractivity contribution in [3.05, 3.63) is 84.2 Å². The van der Waals surface area contributed by atoms with Crippen LogP contribution in [0.3, 0.4) is 0 Å². The lowest BCUT2D eigenvalue weighted by Gasteiger charge is -2.18. The second-order valence-electron chi connectivity index (χ2n) is 4.46. The fraction of sp³-hybridized carbons (Fsp3) is 0.0625. The van der Waals surface area contributed by atoms with E-state index < -0.39 is 0 Å². The Bertz CT molecular complexity index is 704. The standard InChI is InChI=1S/C16H13FN4/c17-13-6-3-5-12(11-13)15(14-7-1-2-8-18-14)21-16-19-9-4-10-20-16/h1-11,15H,(H,19,20,21). The molecular weight excluding hydrogens is 267 g/mol. The number of rotatable bonds is 4. The molecule has 3 rings (SSSR count). The molecule has 0 spiro atoms. The van der Waals surface area contributed by atoms with Gasteiger partial charge in [0.15, 0.2) is 0 Å². The van der Waals surface area contributed by atoms with Gasteiger partial charge < -0.3 is 5.32 Å². The lowest BCUT2D eigenvalue weighted by atomic mass is 10.0. The van der Waals surface area contributed by atoms with Crippen molar-refractivity contribution in [1.29, 1.82) is 0 Å². The Morgan fingerprint density at radius 2 is 1.67 bits per heavy atom. The maximum Gasteiger partial charge on any atom is 0.223 e. The van der Waals surface area contributed by atoms with Gasteiger partial charge in [-0.2, -0.15) is 0 Å². The van der Waals surface area contributed by atoms with E-state index in [4.69, 9.17) is 0 Å². The molecule has 3 aromatic rings. The first kappa shape index (κ1) is 13.2. The van der Waals surface area contributed by atoms with Gasteiger partial charge in [0.2, 0.25) is 5.95 Å². The molecule has 0 amide bonds. The van der Waals surface area contributed by atoms with E-state index in [0.29, 0.717) is 5.95 Å². The maximum absolute atomic E-state index is 13.5. The number of aromatic nitrogens is 3. The van der Waals surface area contributed by atoms with E-state index in [-0.39, 0.29) is 11.9 Å². The van der Waals surface area contributed by atoms with Gasteiger partial charge in [0.1, 0.15) is 5.82 Å². The molecule has 1 aromatic carbocycles. The quantitative estimate of drug-likeness (QED) is 0.797. The van der Waals surface area contributed by atoms with Gasteiger partial charge >= 0.3 is 0 Å². The summed E-state index contributed by atoms with van der Waals surface area (Å²) in [7, 11) is 0. The number of nitrogens with zero attached hydrogens (tertiary/aromatic N) is 3. The Hall–Kier alpha value is -2.82. The minimum atomic E-state index is -0.315. The fourth-order valence-corrected chi connectivity index (χ4v) is 2.06. The summed E-state index contributed by atoms with van der Waals surface area (Å²) >= 11 is 0. The normalized spacial score (nSPS) is 11.9. The predicted octanol–water partition coefficient (Wildman–Crippen LogP) is 3.21.